The molecule has 0 unspecified atom stereocenters. The van der Waals surface area contributed by atoms with Crippen molar-refractivity contribution in [1.29, 1.82) is 0 Å². The van der Waals surface area contributed by atoms with Gasteiger partial charge in [0, 0.05) is 0 Å². The van der Waals surface area contributed by atoms with Gasteiger partial charge in [0.05, 0.1) is 14.8 Å². The zero-order chi connectivity index (χ0) is 4.50. The summed E-state index contributed by atoms with van der Waals surface area (Å²) in [5, 5.41) is 0. The summed E-state index contributed by atoms with van der Waals surface area (Å²) >= 11 is 1.90. The van der Waals surface area contributed by atoms with Gasteiger partial charge in [0.2, 0.25) is 0 Å². The van der Waals surface area contributed by atoms with Crippen LogP contribution >= 0.6 is 14.8 Å². The Morgan fingerprint density at radius 3 is 1.50 bits per heavy atom. The molecule has 40 valence electrons. The quantitative estimate of drug-likeness (QED) is 0.440. The molecule has 0 radical (unpaired) electrons. The molecular weight excluding hydrogens is 172 g/mol. The normalized spacial score (nSPS) is 9.67. The molecule has 0 spiro atoms. The molecule has 0 aliphatic heterocycles. The average Bonchev–Trinajstić information content (AvgIpc) is 0.722. The second kappa shape index (κ2) is 2.54. The number of hydrogen-bond donors (Lipinski definition) is 1. The lowest BCUT2D eigenvalue weighted by atomic mass is 12.0. The molecule has 0 rings (SSSR count). The van der Waals surface area contributed by atoms with Crippen LogP contribution in [0.25, 0.3) is 0 Å². The summed E-state index contributed by atoms with van der Waals surface area (Å²) in [5.41, 5.74) is 0. The zero-order valence-corrected chi connectivity index (χ0v) is 4.45. The first-order chi connectivity index (χ1) is 2.00. The highest BCUT2D eigenvalue weighted by atomic mass is 79.9. The van der Waals surface area contributed by atoms with E-state index in [4.69, 9.17) is 13.0 Å². The Kier molecular flexibility index (Phi) is 4.08. The van der Waals surface area contributed by atoms with Crippen LogP contribution in [0.3, 0.4) is 0 Å². The highest BCUT2D eigenvalue weighted by Crippen LogP contribution is 1.88. The van der Waals surface area contributed by atoms with Crippen LogP contribution in [0.2, 0.25) is 0 Å². The van der Waals surface area contributed by atoms with E-state index in [2.05, 4.69) is 0 Å². The largest absolute Gasteiger partial charge is 0.326 e. The van der Waals surface area contributed by atoms with Crippen molar-refractivity contribution >= 4 is 23.4 Å². The third-order valence-corrected chi connectivity index (χ3v) is 0. The predicted octanol–water partition coefficient (Wildman–Crippen LogP) is 0.820. The monoisotopic (exact) mass is 176 g/mol. The first kappa shape index (κ1) is 9.63. The lowest BCUT2D eigenvalue weighted by molar-refractivity contribution is 0.504. The van der Waals surface area contributed by atoms with E-state index in [-0.39, 0.29) is 7.43 Å². The Morgan fingerprint density at radius 1 is 1.50 bits per heavy atom. The summed E-state index contributed by atoms with van der Waals surface area (Å²) < 4.78 is 25.6. The molecule has 6 heavy (non-hydrogen) atoms. The second-order valence-electron chi connectivity index (χ2n) is 0.412. The van der Waals surface area contributed by atoms with Crippen LogP contribution in [0.4, 0.5) is 0 Å². The Labute approximate surface area is 44.3 Å². The van der Waals surface area contributed by atoms with Crippen LogP contribution in [0, 0.1) is 0 Å². The van der Waals surface area contributed by atoms with E-state index in [1.807, 2.05) is 14.8 Å². The van der Waals surface area contributed by atoms with Gasteiger partial charge in [-0.2, -0.15) is 8.42 Å². The highest BCUT2D eigenvalue weighted by molar-refractivity contribution is 9.46. The topological polar surface area (TPSA) is 54.4 Å². The lowest BCUT2D eigenvalue weighted by Crippen LogP contribution is -1.76. The van der Waals surface area contributed by atoms with Crippen molar-refractivity contribution in [2.24, 2.45) is 0 Å². The van der Waals surface area contributed by atoms with Gasteiger partial charge in [0.15, 0.2) is 0 Å². The summed E-state index contributed by atoms with van der Waals surface area (Å²) in [6.45, 7) is 0. The van der Waals surface area contributed by atoms with Crippen LogP contribution in [0.15, 0.2) is 0 Å². The summed E-state index contributed by atoms with van der Waals surface area (Å²) in [4.78, 5) is 0. The zero-order valence-electron chi connectivity index (χ0n) is 2.05. The standard InChI is InChI=1S/CH4.BrHO3S/c;1-5(2,3)4/h1H4;(H,2,3,4). The van der Waals surface area contributed by atoms with Gasteiger partial charge >= 0.3 is 8.55 Å². The third kappa shape index (κ3) is 332. The first-order valence-corrected chi connectivity index (χ1v) is 3.95. The molecule has 0 atom stereocenters. The fraction of sp³-hybridized carbons (Fsp3) is 1.00. The van der Waals surface area contributed by atoms with Crippen LogP contribution < -0.4 is 0 Å². The van der Waals surface area contributed by atoms with Gasteiger partial charge in [-0.15, -0.1) is 0 Å². The van der Waals surface area contributed by atoms with E-state index in [0.29, 0.717) is 0 Å². The molecule has 1 N–H and O–H groups in total. The smallest absolute Gasteiger partial charge is 0.277 e. The summed E-state index contributed by atoms with van der Waals surface area (Å²) in [6, 6.07) is 0. The van der Waals surface area contributed by atoms with Crippen molar-refractivity contribution < 1.29 is 13.0 Å². The van der Waals surface area contributed by atoms with Gasteiger partial charge < -0.3 is 0 Å². The molecule has 0 aromatic carbocycles. The molecule has 0 aliphatic rings. The predicted molar refractivity (Wildman–Crippen MR) is 27.2 cm³/mol. The number of halogens is 1. The van der Waals surface area contributed by atoms with Crippen molar-refractivity contribution in [2.75, 3.05) is 0 Å². The molecule has 0 amide bonds. The molecule has 0 fully saturated rings. The van der Waals surface area contributed by atoms with Crippen LogP contribution in [0.5, 0.6) is 0 Å². The van der Waals surface area contributed by atoms with E-state index in [1.165, 1.54) is 0 Å². The SMILES string of the molecule is C.O=S(=O)(O)Br. The fourth-order valence-corrected chi connectivity index (χ4v) is 0. The van der Waals surface area contributed by atoms with E-state index in [0.717, 1.165) is 0 Å². The lowest BCUT2D eigenvalue weighted by Gasteiger charge is -1.65. The maximum absolute atomic E-state index is 9.10. The van der Waals surface area contributed by atoms with Crippen molar-refractivity contribution in [1.82, 2.24) is 0 Å². The minimum atomic E-state index is -3.85. The highest BCUT2D eigenvalue weighted by Gasteiger charge is 1.85. The fourth-order valence-electron chi connectivity index (χ4n) is 0. The average molecular weight is 177 g/mol. The Morgan fingerprint density at radius 2 is 1.50 bits per heavy atom. The maximum atomic E-state index is 9.10. The second-order valence-corrected chi connectivity index (χ2v) is 3.69. The summed E-state index contributed by atoms with van der Waals surface area (Å²) in [5.74, 6) is 0. The summed E-state index contributed by atoms with van der Waals surface area (Å²) in [7, 11) is -3.85. The van der Waals surface area contributed by atoms with Gasteiger partial charge in [0.1, 0.15) is 0 Å². The number of rotatable bonds is 0. The third-order valence-electron chi connectivity index (χ3n) is 0. The summed E-state index contributed by atoms with van der Waals surface area (Å²) in [6.07, 6.45) is 0. The van der Waals surface area contributed by atoms with Crippen molar-refractivity contribution in [3.63, 3.8) is 0 Å². The number of hydrogen-bond acceptors (Lipinski definition) is 2. The molecule has 0 heterocycles. The van der Waals surface area contributed by atoms with Gasteiger partial charge in [-0.1, -0.05) is 7.43 Å². The molecule has 0 saturated heterocycles. The Balaban J connectivity index is 0. The molecule has 0 bridgehead atoms. The van der Waals surface area contributed by atoms with E-state index < -0.39 is 8.55 Å². The maximum Gasteiger partial charge on any atom is 0.326 e. The van der Waals surface area contributed by atoms with Gasteiger partial charge in [-0.3, -0.25) is 4.55 Å². The molecule has 3 nitrogen and oxygen atoms in total. The van der Waals surface area contributed by atoms with Crippen LogP contribution in [-0.2, 0) is 8.55 Å². The minimum absolute atomic E-state index is 0. The minimum Gasteiger partial charge on any atom is -0.277 e. The van der Waals surface area contributed by atoms with Gasteiger partial charge in [-0.25, -0.2) is 0 Å². The van der Waals surface area contributed by atoms with Crippen molar-refractivity contribution in [3.05, 3.63) is 0 Å². The van der Waals surface area contributed by atoms with Crippen LogP contribution in [-0.4, -0.2) is 13.0 Å². The molecule has 0 aromatic rings. The van der Waals surface area contributed by atoms with E-state index >= 15 is 0 Å². The van der Waals surface area contributed by atoms with Crippen LogP contribution in [0.1, 0.15) is 7.43 Å². The Hall–Kier alpha value is 0.390. The van der Waals surface area contributed by atoms with E-state index in [9.17, 15) is 0 Å². The van der Waals surface area contributed by atoms with Crippen molar-refractivity contribution in [3.8, 4) is 0 Å². The molecule has 0 saturated carbocycles. The van der Waals surface area contributed by atoms with Gasteiger partial charge in [-0.05, 0) is 0 Å². The molecule has 5 heteroatoms. The molecule has 0 aliphatic carbocycles. The molecule has 0 aromatic heterocycles. The van der Waals surface area contributed by atoms with Gasteiger partial charge in [0.25, 0.3) is 0 Å². The van der Waals surface area contributed by atoms with Crippen molar-refractivity contribution in [2.45, 2.75) is 7.43 Å². The Bertz CT molecular complexity index is 94.0. The first-order valence-electron chi connectivity index (χ1n) is 0.670. The molecular formula is CH5BrO3S. The van der Waals surface area contributed by atoms with E-state index in [1.54, 1.807) is 0 Å².